The zero-order chi connectivity index (χ0) is 58.6. The van der Waals surface area contributed by atoms with Crippen LogP contribution in [0.15, 0.2) is 12.2 Å². The monoisotopic (exact) mass is 1100 g/mol. The summed E-state index contributed by atoms with van der Waals surface area (Å²) >= 11 is 2.08. The lowest BCUT2D eigenvalue weighted by Gasteiger charge is -2.33. The van der Waals surface area contributed by atoms with Crippen LogP contribution in [-0.2, 0) is 9.47 Å². The van der Waals surface area contributed by atoms with Gasteiger partial charge in [0.25, 0.3) is 0 Å². The first-order valence-corrected chi connectivity index (χ1v) is 34.2. The van der Waals surface area contributed by atoms with Gasteiger partial charge in [0.05, 0.1) is 13.2 Å². The van der Waals surface area contributed by atoms with Crippen molar-refractivity contribution in [2.24, 2.45) is 59.6 Å². The van der Waals surface area contributed by atoms with Crippen molar-refractivity contribution in [2.45, 2.75) is 326 Å². The minimum absolute atomic E-state index is 0.472. The molecule has 0 bridgehead atoms. The molecule has 0 aromatic rings. The van der Waals surface area contributed by atoms with Crippen LogP contribution in [0.5, 0.6) is 0 Å². The highest BCUT2D eigenvalue weighted by Gasteiger charge is 2.31. The molecule has 460 valence electrons. The molecule has 0 unspecified atom stereocenters. The van der Waals surface area contributed by atoms with E-state index in [2.05, 4.69) is 187 Å². The van der Waals surface area contributed by atoms with E-state index < -0.39 is 0 Å². The van der Waals surface area contributed by atoms with Crippen molar-refractivity contribution in [3.8, 4) is 0 Å². The summed E-state index contributed by atoms with van der Waals surface area (Å²) in [5.41, 5.74) is 6.86. The molecule has 0 aromatic heterocycles. The second-order valence-electron chi connectivity index (χ2n) is 35.0. The Balaban J connectivity index is 0.000000424. The molecule has 0 aromatic carbocycles. The molecule has 2 N–H and O–H groups in total. The molecule has 11 aliphatic rings. The fraction of sp³-hybridized carbons (Fsp3) is 0.972. The van der Waals surface area contributed by atoms with E-state index in [0.29, 0.717) is 48.7 Å². The van der Waals surface area contributed by atoms with Crippen molar-refractivity contribution in [3.63, 3.8) is 0 Å². The highest BCUT2D eigenvalue weighted by Crippen LogP contribution is 2.44. The number of thioether (sulfide) groups is 1. The summed E-state index contributed by atoms with van der Waals surface area (Å²) in [5.74, 6) is 2.75. The van der Waals surface area contributed by atoms with E-state index >= 15 is 0 Å². The van der Waals surface area contributed by atoms with Gasteiger partial charge < -0.3 is 20.1 Å². The maximum Gasteiger partial charge on any atom is 0.0517 e. The van der Waals surface area contributed by atoms with Crippen LogP contribution < -0.4 is 10.6 Å². The van der Waals surface area contributed by atoms with E-state index in [-0.39, 0.29) is 0 Å². The Hall–Kier alpha value is -0.0700. The molecule has 0 radical (unpaired) electrons. The quantitative estimate of drug-likeness (QED) is 0.187. The fourth-order valence-corrected chi connectivity index (χ4v) is 12.3. The van der Waals surface area contributed by atoms with Crippen molar-refractivity contribution in [1.82, 2.24) is 10.6 Å². The van der Waals surface area contributed by atoms with Gasteiger partial charge in [-0.3, -0.25) is 0 Å². The summed E-state index contributed by atoms with van der Waals surface area (Å²) in [6, 6.07) is 0. The Labute approximate surface area is 490 Å². The van der Waals surface area contributed by atoms with Gasteiger partial charge in [-0.1, -0.05) is 229 Å². The van der Waals surface area contributed by atoms with Crippen LogP contribution in [0.1, 0.15) is 326 Å². The van der Waals surface area contributed by atoms with Crippen molar-refractivity contribution in [1.29, 1.82) is 0 Å². The van der Waals surface area contributed by atoms with Crippen LogP contribution in [0.4, 0.5) is 0 Å². The highest BCUT2D eigenvalue weighted by atomic mass is 32.2. The second kappa shape index (κ2) is 35.3. The topological polar surface area (TPSA) is 42.5 Å². The molecular formula is C72H144N2O2S. The first-order chi connectivity index (χ1) is 35.3. The van der Waals surface area contributed by atoms with Crippen LogP contribution >= 0.6 is 11.8 Å². The number of rotatable bonds is 0. The van der Waals surface area contributed by atoms with Gasteiger partial charge in [-0.2, -0.15) is 11.8 Å². The lowest BCUT2D eigenvalue weighted by atomic mass is 9.72. The van der Waals surface area contributed by atoms with Crippen LogP contribution in [0.25, 0.3) is 0 Å². The van der Waals surface area contributed by atoms with Gasteiger partial charge in [-0.05, 0) is 193 Å². The van der Waals surface area contributed by atoms with Crippen LogP contribution in [0.2, 0.25) is 0 Å². The van der Waals surface area contributed by atoms with E-state index in [1.807, 2.05) is 0 Å². The molecule has 11 rings (SSSR count). The molecule has 5 aliphatic heterocycles. The van der Waals surface area contributed by atoms with Crippen molar-refractivity contribution in [2.75, 3.05) is 64.1 Å². The molecule has 5 heteroatoms. The molecule has 0 amide bonds. The van der Waals surface area contributed by atoms with E-state index in [1.165, 1.54) is 211 Å². The van der Waals surface area contributed by atoms with Gasteiger partial charge in [-0.15, -0.1) is 0 Å². The Morgan fingerprint density at radius 1 is 0.286 bits per heavy atom. The molecule has 6 aliphatic carbocycles. The van der Waals surface area contributed by atoms with Gasteiger partial charge in [0.1, 0.15) is 0 Å². The van der Waals surface area contributed by atoms with Crippen LogP contribution in [-0.4, -0.2) is 64.1 Å². The Morgan fingerprint density at radius 3 is 0.701 bits per heavy atom. The SMILES string of the molecule is CC1(C)CC1.CC1(C)CC=CC1.CC1(C)CCC1.CC1(C)CCCC1.CC1(C)CCCCC1.CC1(C)CCCCCC1.CC1(C)CCNC1.CC1(C)CCNC1.CC1(C)CCOC1.CC1(C)CCOC1.CC1(C)CCSC1. The smallest absolute Gasteiger partial charge is 0.0517 e. The third-order valence-corrected chi connectivity index (χ3v) is 20.0. The second-order valence-corrected chi connectivity index (χ2v) is 36.1. The maximum atomic E-state index is 5.16. The van der Waals surface area contributed by atoms with E-state index in [1.54, 1.807) is 0 Å². The third-order valence-electron chi connectivity index (χ3n) is 18.5. The largest absolute Gasteiger partial charge is 0.381 e. The van der Waals surface area contributed by atoms with Gasteiger partial charge >= 0.3 is 0 Å². The Bertz CT molecular complexity index is 1280. The molecule has 10 fully saturated rings. The molecule has 5 saturated carbocycles. The predicted molar refractivity (Wildman–Crippen MR) is 350 cm³/mol. The summed E-state index contributed by atoms with van der Waals surface area (Å²) in [6.07, 6.45) is 42.8. The summed E-state index contributed by atoms with van der Waals surface area (Å²) in [5, 5.41) is 6.62. The number of nitrogens with one attached hydrogen (secondary N) is 2. The normalized spacial score (nSPS) is 28.1. The van der Waals surface area contributed by atoms with E-state index in [0.717, 1.165) is 37.3 Å². The van der Waals surface area contributed by atoms with Crippen LogP contribution in [0.3, 0.4) is 0 Å². The van der Waals surface area contributed by atoms with Gasteiger partial charge in [0.2, 0.25) is 0 Å². The molecule has 5 heterocycles. The molecule has 4 nitrogen and oxygen atoms in total. The highest BCUT2D eigenvalue weighted by molar-refractivity contribution is 7.99. The first kappa shape index (κ1) is 74.9. The fourth-order valence-electron chi connectivity index (χ4n) is 10.7. The lowest BCUT2D eigenvalue weighted by Crippen LogP contribution is -2.20. The van der Waals surface area contributed by atoms with Crippen LogP contribution in [0, 0.1) is 59.6 Å². The summed E-state index contributed by atoms with van der Waals surface area (Å²) in [4.78, 5) is 0. The van der Waals surface area contributed by atoms with Crippen molar-refractivity contribution in [3.05, 3.63) is 12.2 Å². The number of hydrogen-bond acceptors (Lipinski definition) is 5. The van der Waals surface area contributed by atoms with Gasteiger partial charge in [0.15, 0.2) is 0 Å². The van der Waals surface area contributed by atoms with Crippen molar-refractivity contribution >= 4 is 11.8 Å². The van der Waals surface area contributed by atoms with E-state index in [9.17, 15) is 0 Å². The number of allylic oxidation sites excluding steroid dienone is 2. The summed E-state index contributed by atoms with van der Waals surface area (Å²) < 4.78 is 10.3. The molecule has 77 heavy (non-hydrogen) atoms. The van der Waals surface area contributed by atoms with Gasteiger partial charge in [-0.25, -0.2) is 0 Å². The summed E-state index contributed by atoms with van der Waals surface area (Å²) in [7, 11) is 0. The minimum Gasteiger partial charge on any atom is -0.381 e. The molecule has 0 spiro atoms. The Kier molecular flexibility index (Phi) is 34.3. The van der Waals surface area contributed by atoms with E-state index in [4.69, 9.17) is 9.47 Å². The third kappa shape index (κ3) is 44.2. The maximum absolute atomic E-state index is 5.16. The first-order valence-electron chi connectivity index (χ1n) is 33.1. The molecular weight excluding hydrogens is 957 g/mol. The zero-order valence-electron chi connectivity index (χ0n) is 57.0. The predicted octanol–water partition coefficient (Wildman–Crippen LogP) is 22.3. The zero-order valence-corrected chi connectivity index (χ0v) is 57.9. The average molecular weight is 1100 g/mol. The lowest BCUT2D eigenvalue weighted by molar-refractivity contribution is 0.167. The number of hydrogen-bond donors (Lipinski definition) is 2. The standard InChI is InChI=1S/C9H18.C8H16.C7H14.C7H12.2C6H13N.2C6H12O.C6H12S.C6H12.C5H10/c1-9(2)7-5-3-4-6-8-9;1-8(2)6-4-3-5-7-8;2*1-7(2)5-3-4-6-7;5*1-6(2)3-4-7-5-6;1-6(2)4-3-5-6;1-5(2)3-4-5/h3-8H2,1-2H3;3-7H2,1-2H3;3-6H2,1-2H3;3-4H,5-6H2,1-2H3;2*7H,3-5H2,1-2H3;3*3-5H2,1-2H3;3-5H2,1-2H3;3-4H2,1-2H3. The molecule has 5 saturated heterocycles. The number of ether oxygens (including phenoxy) is 2. The van der Waals surface area contributed by atoms with Crippen molar-refractivity contribution < 1.29 is 9.47 Å². The summed E-state index contributed by atoms with van der Waals surface area (Å²) in [6.45, 7) is 59.6. The minimum atomic E-state index is 0.472. The molecule has 0 atom stereocenters. The van der Waals surface area contributed by atoms with Gasteiger partial charge in [0, 0.05) is 26.3 Å². The average Bonchev–Trinajstić information content (AvgIpc) is 4.10. The Morgan fingerprint density at radius 2 is 0.584 bits per heavy atom.